The lowest BCUT2D eigenvalue weighted by molar-refractivity contribution is 0.752. The summed E-state index contributed by atoms with van der Waals surface area (Å²) in [5, 5.41) is 24.6. The Hall–Kier alpha value is -9.43. The van der Waals surface area contributed by atoms with Crippen molar-refractivity contribution in [2.75, 3.05) is 4.90 Å². The number of para-hydroxylation sites is 4. The van der Waals surface area contributed by atoms with Crippen LogP contribution in [-0.4, -0.2) is 19.5 Å². The number of fused-ring (bicyclic) bond motifs is 12. The molecule has 1 spiro atoms. The Kier molecular flexibility index (Phi) is 8.42. The summed E-state index contributed by atoms with van der Waals surface area (Å²) in [6.45, 7) is 0. The molecule has 0 bridgehead atoms. The molecule has 0 saturated carbocycles. The van der Waals surface area contributed by atoms with Gasteiger partial charge in [-0.25, -0.2) is 15.0 Å². The van der Waals surface area contributed by atoms with Crippen LogP contribution >= 0.6 is 0 Å². The molecule has 2 aromatic heterocycles. The topological polar surface area (TPSA) is 94.4 Å². The second kappa shape index (κ2) is 14.8. The fraction of sp³-hybridized carbons (Fsp3) is 0.0167. The van der Waals surface area contributed by atoms with Crippen molar-refractivity contribution < 1.29 is 0 Å². The van der Waals surface area contributed by atoms with E-state index in [0.29, 0.717) is 39.9 Å². The second-order valence-electron chi connectivity index (χ2n) is 16.9. The lowest BCUT2D eigenvalue weighted by Crippen LogP contribution is -2.36. The lowest BCUT2D eigenvalue weighted by atomic mass is 9.64. The molecule has 0 atom stereocenters. The molecule has 310 valence electrons. The second-order valence-corrected chi connectivity index (χ2v) is 16.9. The van der Waals surface area contributed by atoms with Crippen molar-refractivity contribution in [1.82, 2.24) is 19.5 Å². The van der Waals surface area contributed by atoms with Gasteiger partial charge in [0.2, 0.25) is 0 Å². The van der Waals surface area contributed by atoms with Gasteiger partial charge in [-0.3, -0.25) is 0 Å². The number of nitrogens with zero attached hydrogens (tertiary/aromatic N) is 7. The molecule has 0 radical (unpaired) electrons. The Labute approximate surface area is 386 Å². The Morgan fingerprint density at radius 3 is 1.46 bits per heavy atom. The van der Waals surface area contributed by atoms with Crippen molar-refractivity contribution in [3.63, 3.8) is 0 Å². The van der Waals surface area contributed by atoms with E-state index in [2.05, 4.69) is 149 Å². The summed E-state index contributed by atoms with van der Waals surface area (Å²) in [7, 11) is 0. The van der Waals surface area contributed by atoms with Crippen LogP contribution in [0, 0.1) is 22.7 Å². The van der Waals surface area contributed by atoms with Gasteiger partial charge in [0.1, 0.15) is 6.07 Å². The third kappa shape index (κ3) is 5.53. The maximum Gasteiger partial charge on any atom is 0.165 e. The molecule has 3 heterocycles. The molecule has 67 heavy (non-hydrogen) atoms. The molecule has 13 rings (SSSR count). The molecule has 11 aromatic rings. The number of hydrogen-bond acceptors (Lipinski definition) is 6. The fourth-order valence-electron chi connectivity index (χ4n) is 10.8. The summed E-state index contributed by atoms with van der Waals surface area (Å²) in [6.07, 6.45) is 0. The highest BCUT2D eigenvalue weighted by atomic mass is 15.2. The van der Waals surface area contributed by atoms with Gasteiger partial charge in [0, 0.05) is 33.2 Å². The van der Waals surface area contributed by atoms with E-state index < -0.39 is 5.41 Å². The Bertz CT molecular complexity index is 3760. The molecule has 1 aliphatic carbocycles. The van der Waals surface area contributed by atoms with Gasteiger partial charge in [-0.1, -0.05) is 164 Å². The predicted octanol–water partition coefficient (Wildman–Crippen LogP) is 13.9. The highest BCUT2D eigenvalue weighted by molar-refractivity contribution is 6.09. The highest BCUT2D eigenvalue weighted by Crippen LogP contribution is 2.64. The van der Waals surface area contributed by atoms with E-state index in [1.165, 1.54) is 33.0 Å². The quantitative estimate of drug-likeness (QED) is 0.171. The van der Waals surface area contributed by atoms with Crippen LogP contribution in [0.25, 0.3) is 72.8 Å². The van der Waals surface area contributed by atoms with Crippen LogP contribution in [-0.2, 0) is 5.41 Å². The molecule has 0 fully saturated rings. The van der Waals surface area contributed by atoms with E-state index in [-0.39, 0.29) is 0 Å². The van der Waals surface area contributed by atoms with E-state index in [0.717, 1.165) is 50.3 Å². The molecule has 0 N–H and O–H groups in total. The third-order valence-corrected chi connectivity index (χ3v) is 13.5. The number of nitriles is 2. The zero-order valence-electron chi connectivity index (χ0n) is 35.8. The van der Waals surface area contributed by atoms with E-state index in [4.69, 9.17) is 15.0 Å². The van der Waals surface area contributed by atoms with Crippen LogP contribution in [0.2, 0.25) is 0 Å². The summed E-state index contributed by atoms with van der Waals surface area (Å²) in [5.41, 5.74) is 14.8. The molecule has 1 aliphatic heterocycles. The largest absolute Gasteiger partial charge is 0.309 e. The van der Waals surface area contributed by atoms with Gasteiger partial charge in [-0.05, 0) is 81.9 Å². The smallest absolute Gasteiger partial charge is 0.165 e. The number of hydrogen-bond donors (Lipinski definition) is 0. The summed E-state index contributed by atoms with van der Waals surface area (Å²) >= 11 is 0. The van der Waals surface area contributed by atoms with E-state index in [1.54, 1.807) is 6.07 Å². The average molecular weight is 854 g/mol. The molecule has 2 aliphatic rings. The zero-order valence-corrected chi connectivity index (χ0v) is 35.8. The van der Waals surface area contributed by atoms with Gasteiger partial charge < -0.3 is 9.47 Å². The van der Waals surface area contributed by atoms with Gasteiger partial charge in [0.15, 0.2) is 17.5 Å². The Morgan fingerprint density at radius 2 is 0.866 bits per heavy atom. The molecule has 7 heteroatoms. The van der Waals surface area contributed by atoms with Gasteiger partial charge in [0.05, 0.1) is 50.7 Å². The molecular weight excluding hydrogens is 819 g/mol. The normalized spacial score (nSPS) is 12.8. The predicted molar refractivity (Wildman–Crippen MR) is 265 cm³/mol. The van der Waals surface area contributed by atoms with Crippen LogP contribution in [0.5, 0.6) is 0 Å². The standard InChI is InChI=1S/C60H35N7/c61-36-40-34-56(41(37-62)33-46(40)59-64-57(38-17-3-1-4-18-38)63-58(65-59)39-19-5-2-6-20-39)67-54-29-15-11-25-50(54)60(51-26-12-16-30-55(51)67)48-24-10-7-21-43(48)47-35-42(31-32-49(47)60)66-52-27-13-8-22-44(52)45-23-9-14-28-53(45)66/h1-35H. The third-order valence-electron chi connectivity index (χ3n) is 13.5. The zero-order chi connectivity index (χ0) is 44.6. The van der Waals surface area contributed by atoms with Crippen molar-refractivity contribution in [2.45, 2.75) is 5.41 Å². The first-order chi connectivity index (χ1) is 33.1. The summed E-state index contributed by atoms with van der Waals surface area (Å²) in [6, 6.07) is 78.0. The van der Waals surface area contributed by atoms with Crippen LogP contribution < -0.4 is 4.90 Å². The first kappa shape index (κ1) is 38.1. The molecule has 0 saturated heterocycles. The van der Waals surface area contributed by atoms with E-state index in [1.807, 2.05) is 78.9 Å². The average Bonchev–Trinajstić information content (AvgIpc) is 3.89. The molecule has 0 amide bonds. The van der Waals surface area contributed by atoms with E-state index >= 15 is 0 Å². The van der Waals surface area contributed by atoms with Crippen LogP contribution in [0.1, 0.15) is 33.4 Å². The first-order valence-electron chi connectivity index (χ1n) is 22.2. The number of aromatic nitrogens is 4. The minimum Gasteiger partial charge on any atom is -0.309 e. The Balaban J connectivity index is 1.02. The van der Waals surface area contributed by atoms with Gasteiger partial charge in [-0.2, -0.15) is 10.5 Å². The molecule has 7 nitrogen and oxygen atoms in total. The van der Waals surface area contributed by atoms with Gasteiger partial charge >= 0.3 is 0 Å². The number of benzene rings is 9. The van der Waals surface area contributed by atoms with Gasteiger partial charge in [-0.15, -0.1) is 0 Å². The minimum atomic E-state index is -0.702. The monoisotopic (exact) mass is 853 g/mol. The molecule has 9 aromatic carbocycles. The Morgan fingerprint density at radius 1 is 0.373 bits per heavy atom. The van der Waals surface area contributed by atoms with Crippen molar-refractivity contribution in [1.29, 1.82) is 10.5 Å². The van der Waals surface area contributed by atoms with Crippen LogP contribution in [0.3, 0.4) is 0 Å². The number of rotatable bonds is 5. The lowest BCUT2D eigenvalue weighted by Gasteiger charge is -2.45. The van der Waals surface area contributed by atoms with Crippen LogP contribution in [0.4, 0.5) is 17.1 Å². The van der Waals surface area contributed by atoms with E-state index in [9.17, 15) is 10.5 Å². The summed E-state index contributed by atoms with van der Waals surface area (Å²) in [5.74, 6) is 1.25. The molecule has 0 unspecified atom stereocenters. The molecular formula is C60H35N7. The minimum absolute atomic E-state index is 0.310. The number of anilines is 3. The summed E-state index contributed by atoms with van der Waals surface area (Å²) < 4.78 is 2.38. The first-order valence-corrected chi connectivity index (χ1v) is 22.2. The van der Waals surface area contributed by atoms with Crippen molar-refractivity contribution in [3.8, 4) is 63.1 Å². The van der Waals surface area contributed by atoms with Gasteiger partial charge in [0.25, 0.3) is 0 Å². The maximum absolute atomic E-state index is 11.1. The maximum atomic E-state index is 11.1. The fourth-order valence-corrected chi connectivity index (χ4v) is 10.8. The highest BCUT2D eigenvalue weighted by Gasteiger charge is 2.52. The SMILES string of the molecule is N#Cc1cc(N2c3ccccc3C3(c4ccccc4-c4cc(-n5c6ccccc6c6ccccc65)ccc43)c3ccccc32)c(C#N)cc1-c1nc(-c2ccccc2)nc(-c2ccccc2)n1. The van der Waals surface area contributed by atoms with Crippen molar-refractivity contribution >= 4 is 38.9 Å². The van der Waals surface area contributed by atoms with Crippen molar-refractivity contribution in [3.05, 3.63) is 246 Å². The van der Waals surface area contributed by atoms with Crippen molar-refractivity contribution in [2.24, 2.45) is 0 Å². The summed E-state index contributed by atoms with van der Waals surface area (Å²) in [4.78, 5) is 16.9. The van der Waals surface area contributed by atoms with Crippen LogP contribution in [0.15, 0.2) is 212 Å².